The lowest BCUT2D eigenvalue weighted by molar-refractivity contribution is 0.458. The van der Waals surface area contributed by atoms with E-state index >= 15 is 0 Å². The molecule has 0 radical (unpaired) electrons. The number of hydrogen-bond acceptors (Lipinski definition) is 2. The third kappa shape index (κ3) is 2.52. The van der Waals surface area contributed by atoms with Crippen LogP contribution in [-0.4, -0.2) is 4.98 Å². The number of nitrogens with zero attached hydrogens (tertiary/aromatic N) is 1. The Balaban J connectivity index is 2.27. The topological polar surface area (TPSA) is 22.1 Å². The normalized spacial score (nSPS) is 10.2. The van der Waals surface area contributed by atoms with Gasteiger partial charge in [0.2, 0.25) is 5.88 Å². The lowest BCUT2D eigenvalue weighted by atomic mass is 10.2. The second-order valence-corrected chi connectivity index (χ2v) is 4.07. The van der Waals surface area contributed by atoms with Gasteiger partial charge in [0.25, 0.3) is 0 Å². The number of aromatic nitrogens is 1. The fourth-order valence-electron chi connectivity index (χ4n) is 1.41. The number of rotatable bonds is 2. The zero-order chi connectivity index (χ0) is 11.5. The molecular formula is C13H12ClNO. The first-order chi connectivity index (χ1) is 7.65. The van der Waals surface area contributed by atoms with Crippen molar-refractivity contribution in [3.63, 3.8) is 0 Å². The second-order valence-electron chi connectivity index (χ2n) is 3.63. The van der Waals surface area contributed by atoms with E-state index in [-0.39, 0.29) is 0 Å². The summed E-state index contributed by atoms with van der Waals surface area (Å²) in [6.45, 7) is 3.89. The fourth-order valence-corrected chi connectivity index (χ4v) is 1.64. The third-order valence-electron chi connectivity index (χ3n) is 2.21. The molecule has 0 unspecified atom stereocenters. The summed E-state index contributed by atoms with van der Waals surface area (Å²) in [7, 11) is 0. The molecule has 0 bridgehead atoms. The predicted molar refractivity (Wildman–Crippen MR) is 65.2 cm³/mol. The zero-order valence-corrected chi connectivity index (χ0v) is 9.95. The summed E-state index contributed by atoms with van der Waals surface area (Å²) < 4.78 is 5.68. The summed E-state index contributed by atoms with van der Waals surface area (Å²) >= 11 is 5.87. The van der Waals surface area contributed by atoms with Crippen molar-refractivity contribution in [2.45, 2.75) is 13.8 Å². The average Bonchev–Trinajstić information content (AvgIpc) is 2.22. The summed E-state index contributed by atoms with van der Waals surface area (Å²) in [5.74, 6) is 1.38. The van der Waals surface area contributed by atoms with Crippen LogP contribution in [0.5, 0.6) is 11.6 Å². The first kappa shape index (κ1) is 11.0. The van der Waals surface area contributed by atoms with Gasteiger partial charge in [-0.05, 0) is 43.7 Å². The van der Waals surface area contributed by atoms with Gasteiger partial charge in [0, 0.05) is 16.8 Å². The van der Waals surface area contributed by atoms with Crippen LogP contribution in [0.15, 0.2) is 36.4 Å². The van der Waals surface area contributed by atoms with E-state index in [9.17, 15) is 0 Å². The smallest absolute Gasteiger partial charge is 0.219 e. The molecule has 0 fully saturated rings. The van der Waals surface area contributed by atoms with Crippen LogP contribution in [0, 0.1) is 13.8 Å². The summed E-state index contributed by atoms with van der Waals surface area (Å²) in [5.41, 5.74) is 1.93. The molecule has 1 heterocycles. The van der Waals surface area contributed by atoms with Crippen molar-refractivity contribution in [1.29, 1.82) is 0 Å². The molecule has 2 nitrogen and oxygen atoms in total. The number of pyridine rings is 1. The van der Waals surface area contributed by atoms with E-state index in [2.05, 4.69) is 4.98 Å². The van der Waals surface area contributed by atoms with Crippen LogP contribution in [-0.2, 0) is 0 Å². The van der Waals surface area contributed by atoms with Crippen molar-refractivity contribution in [2.75, 3.05) is 0 Å². The summed E-state index contributed by atoms with van der Waals surface area (Å²) in [4.78, 5) is 4.28. The van der Waals surface area contributed by atoms with E-state index in [4.69, 9.17) is 16.3 Å². The number of aryl methyl sites for hydroxylation is 2. The lowest BCUT2D eigenvalue weighted by Gasteiger charge is -2.08. The molecule has 3 heteroatoms. The van der Waals surface area contributed by atoms with Crippen molar-refractivity contribution >= 4 is 11.6 Å². The van der Waals surface area contributed by atoms with Crippen LogP contribution >= 0.6 is 11.6 Å². The van der Waals surface area contributed by atoms with Crippen molar-refractivity contribution < 1.29 is 4.74 Å². The van der Waals surface area contributed by atoms with E-state index in [0.717, 1.165) is 17.0 Å². The van der Waals surface area contributed by atoms with Crippen LogP contribution < -0.4 is 4.74 Å². The summed E-state index contributed by atoms with van der Waals surface area (Å²) in [6.07, 6.45) is 0. The Morgan fingerprint density at radius 2 is 1.94 bits per heavy atom. The van der Waals surface area contributed by atoms with Crippen LogP contribution in [0.1, 0.15) is 11.3 Å². The average molecular weight is 234 g/mol. The standard InChI is InChI=1S/C13H12ClNO/c1-9-8-11(14)6-7-12(9)16-13-5-3-4-10(2)15-13/h3-8H,1-2H3. The molecule has 0 amide bonds. The Morgan fingerprint density at radius 1 is 1.12 bits per heavy atom. The van der Waals surface area contributed by atoms with Crippen molar-refractivity contribution in [1.82, 2.24) is 4.98 Å². The molecule has 2 aromatic rings. The van der Waals surface area contributed by atoms with Crippen LogP contribution in [0.2, 0.25) is 5.02 Å². The molecule has 1 aromatic carbocycles. The molecule has 0 saturated heterocycles. The third-order valence-corrected chi connectivity index (χ3v) is 2.45. The molecule has 1 aromatic heterocycles. The highest BCUT2D eigenvalue weighted by molar-refractivity contribution is 6.30. The first-order valence-corrected chi connectivity index (χ1v) is 5.40. The molecule has 0 aliphatic carbocycles. The van der Waals surface area contributed by atoms with Gasteiger partial charge in [0.1, 0.15) is 5.75 Å². The molecule has 0 spiro atoms. The van der Waals surface area contributed by atoms with Crippen LogP contribution in [0.4, 0.5) is 0 Å². The van der Waals surface area contributed by atoms with Gasteiger partial charge in [-0.15, -0.1) is 0 Å². The molecule has 0 atom stereocenters. The van der Waals surface area contributed by atoms with Crippen molar-refractivity contribution in [2.24, 2.45) is 0 Å². The highest BCUT2D eigenvalue weighted by Gasteiger charge is 2.02. The Hall–Kier alpha value is -1.54. The van der Waals surface area contributed by atoms with Crippen LogP contribution in [0.3, 0.4) is 0 Å². The van der Waals surface area contributed by atoms with E-state index < -0.39 is 0 Å². The van der Waals surface area contributed by atoms with Crippen LogP contribution in [0.25, 0.3) is 0 Å². The minimum absolute atomic E-state index is 0.602. The van der Waals surface area contributed by atoms with Crippen molar-refractivity contribution in [3.8, 4) is 11.6 Å². The van der Waals surface area contributed by atoms with Crippen molar-refractivity contribution in [3.05, 3.63) is 52.7 Å². The fraction of sp³-hybridized carbons (Fsp3) is 0.154. The van der Waals surface area contributed by atoms with Gasteiger partial charge in [-0.3, -0.25) is 0 Å². The van der Waals surface area contributed by atoms with Gasteiger partial charge < -0.3 is 4.74 Å². The van der Waals surface area contributed by atoms with Gasteiger partial charge in [-0.25, -0.2) is 4.98 Å². The number of hydrogen-bond donors (Lipinski definition) is 0. The van der Waals surface area contributed by atoms with Gasteiger partial charge in [0.15, 0.2) is 0 Å². The number of halogens is 1. The minimum atomic E-state index is 0.602. The molecule has 2 rings (SSSR count). The monoisotopic (exact) mass is 233 g/mol. The Labute approximate surface area is 99.9 Å². The maximum absolute atomic E-state index is 5.87. The van der Waals surface area contributed by atoms with E-state index in [1.807, 2.05) is 44.2 Å². The molecule has 0 saturated carbocycles. The lowest BCUT2D eigenvalue weighted by Crippen LogP contribution is -1.91. The number of ether oxygens (including phenoxy) is 1. The second kappa shape index (κ2) is 4.54. The van der Waals surface area contributed by atoms with Gasteiger partial charge in [0.05, 0.1) is 0 Å². The molecule has 0 N–H and O–H groups in total. The SMILES string of the molecule is Cc1cccc(Oc2ccc(Cl)cc2C)n1. The van der Waals surface area contributed by atoms with E-state index in [1.54, 1.807) is 6.07 Å². The Morgan fingerprint density at radius 3 is 2.62 bits per heavy atom. The highest BCUT2D eigenvalue weighted by Crippen LogP contribution is 2.26. The minimum Gasteiger partial charge on any atom is -0.439 e. The molecule has 16 heavy (non-hydrogen) atoms. The summed E-state index contributed by atoms with van der Waals surface area (Å²) in [5, 5.41) is 0.710. The maximum atomic E-state index is 5.87. The number of benzene rings is 1. The Bertz CT molecular complexity index is 511. The van der Waals surface area contributed by atoms with Gasteiger partial charge in [-0.2, -0.15) is 0 Å². The molecular weight excluding hydrogens is 222 g/mol. The van der Waals surface area contributed by atoms with E-state index in [0.29, 0.717) is 10.9 Å². The first-order valence-electron chi connectivity index (χ1n) is 5.03. The highest BCUT2D eigenvalue weighted by atomic mass is 35.5. The summed E-state index contributed by atoms with van der Waals surface area (Å²) in [6, 6.07) is 11.2. The van der Waals surface area contributed by atoms with Gasteiger partial charge in [-0.1, -0.05) is 17.7 Å². The molecule has 0 aliphatic heterocycles. The zero-order valence-electron chi connectivity index (χ0n) is 9.20. The molecule has 82 valence electrons. The Kier molecular flexibility index (Phi) is 3.11. The van der Waals surface area contributed by atoms with E-state index in [1.165, 1.54) is 0 Å². The maximum Gasteiger partial charge on any atom is 0.219 e. The predicted octanol–water partition coefficient (Wildman–Crippen LogP) is 4.14. The quantitative estimate of drug-likeness (QED) is 0.778. The molecule has 0 aliphatic rings. The van der Waals surface area contributed by atoms with Gasteiger partial charge >= 0.3 is 0 Å². The largest absolute Gasteiger partial charge is 0.439 e.